The minimum absolute atomic E-state index is 0.162. The van der Waals surface area contributed by atoms with Gasteiger partial charge in [-0.1, -0.05) is 11.6 Å². The minimum atomic E-state index is -0.299. The van der Waals surface area contributed by atoms with Crippen molar-refractivity contribution in [3.63, 3.8) is 0 Å². The molecule has 1 aliphatic rings. The number of carbonyl (C=O) groups excluding carboxylic acids is 1. The van der Waals surface area contributed by atoms with Gasteiger partial charge in [0.05, 0.1) is 36.8 Å². The zero-order chi connectivity index (χ0) is 18.7. The molecule has 0 aliphatic carbocycles. The summed E-state index contributed by atoms with van der Waals surface area (Å²) in [7, 11) is 1.51. The highest BCUT2D eigenvalue weighted by atomic mass is 35.5. The number of methoxy groups -OCH3 is 1. The molecule has 2 heterocycles. The van der Waals surface area contributed by atoms with E-state index in [1.54, 1.807) is 24.4 Å². The number of nitrogens with zero attached hydrogens (tertiary/aromatic N) is 2. The van der Waals surface area contributed by atoms with Crippen molar-refractivity contribution in [1.82, 2.24) is 4.98 Å². The van der Waals surface area contributed by atoms with Crippen LogP contribution in [0.2, 0.25) is 5.02 Å². The van der Waals surface area contributed by atoms with Crippen LogP contribution in [0.5, 0.6) is 5.75 Å². The van der Waals surface area contributed by atoms with Crippen LogP contribution in [0.4, 0.5) is 11.5 Å². The Morgan fingerprint density at radius 2 is 2.00 bits per heavy atom. The van der Waals surface area contributed by atoms with E-state index < -0.39 is 0 Å². The zero-order valence-electron chi connectivity index (χ0n) is 15.0. The Morgan fingerprint density at radius 3 is 2.62 bits per heavy atom. The molecule has 1 fully saturated rings. The summed E-state index contributed by atoms with van der Waals surface area (Å²) in [4.78, 5) is 19.2. The van der Waals surface area contributed by atoms with E-state index in [9.17, 15) is 4.79 Å². The Bertz CT molecular complexity index is 772. The maximum absolute atomic E-state index is 12.5. The number of aromatic nitrogens is 1. The molecule has 0 saturated carbocycles. The third-order valence-corrected chi connectivity index (χ3v) is 4.39. The normalized spacial score (nSPS) is 19.9. The number of halogens is 1. The first-order valence-corrected chi connectivity index (χ1v) is 8.85. The lowest BCUT2D eigenvalue weighted by Gasteiger charge is -2.36. The fourth-order valence-corrected chi connectivity index (χ4v) is 3.24. The number of carbonyl (C=O) groups is 1. The van der Waals surface area contributed by atoms with Crippen molar-refractivity contribution >= 4 is 29.0 Å². The van der Waals surface area contributed by atoms with Gasteiger partial charge in [0.15, 0.2) is 0 Å². The van der Waals surface area contributed by atoms with Gasteiger partial charge in [-0.25, -0.2) is 4.98 Å². The van der Waals surface area contributed by atoms with E-state index in [1.165, 1.54) is 7.11 Å². The van der Waals surface area contributed by atoms with Crippen LogP contribution in [0, 0.1) is 0 Å². The molecule has 1 aromatic carbocycles. The van der Waals surface area contributed by atoms with Crippen molar-refractivity contribution in [3.8, 4) is 5.75 Å². The first kappa shape index (κ1) is 18.5. The molecule has 1 aliphatic heterocycles. The smallest absolute Gasteiger partial charge is 0.259 e. The highest BCUT2D eigenvalue weighted by Crippen LogP contribution is 2.24. The average Bonchev–Trinajstić information content (AvgIpc) is 2.61. The molecule has 1 amide bonds. The molecule has 2 unspecified atom stereocenters. The summed E-state index contributed by atoms with van der Waals surface area (Å²) in [6.45, 7) is 5.69. The van der Waals surface area contributed by atoms with Crippen LogP contribution < -0.4 is 15.0 Å². The summed E-state index contributed by atoms with van der Waals surface area (Å²) in [5.41, 5.74) is 0.982. The molecule has 26 heavy (non-hydrogen) atoms. The Labute approximate surface area is 158 Å². The lowest BCUT2D eigenvalue weighted by molar-refractivity contribution is -0.00545. The standard InChI is InChI=1S/C19H22ClN3O3/c1-12-10-23(11-13(2)26-12)18-7-5-15(9-21-18)22-19(24)16-8-14(20)4-6-17(16)25-3/h4-9,12-13H,10-11H2,1-3H3,(H,22,24). The third-order valence-electron chi connectivity index (χ3n) is 4.16. The number of amides is 1. The second-order valence-corrected chi connectivity index (χ2v) is 6.80. The average molecular weight is 376 g/mol. The maximum Gasteiger partial charge on any atom is 0.259 e. The summed E-state index contributed by atoms with van der Waals surface area (Å²) in [6.07, 6.45) is 1.97. The van der Waals surface area contributed by atoms with E-state index in [2.05, 4.69) is 29.0 Å². The van der Waals surface area contributed by atoms with Gasteiger partial charge >= 0.3 is 0 Å². The Morgan fingerprint density at radius 1 is 1.27 bits per heavy atom. The molecule has 3 rings (SSSR count). The van der Waals surface area contributed by atoms with Gasteiger partial charge in [-0.2, -0.15) is 0 Å². The van der Waals surface area contributed by atoms with E-state index in [0.717, 1.165) is 18.9 Å². The second kappa shape index (κ2) is 7.93. The van der Waals surface area contributed by atoms with Crippen LogP contribution in [-0.4, -0.2) is 43.3 Å². The van der Waals surface area contributed by atoms with Crippen LogP contribution >= 0.6 is 11.6 Å². The molecule has 2 aromatic rings. The zero-order valence-corrected chi connectivity index (χ0v) is 15.8. The summed E-state index contributed by atoms with van der Waals surface area (Å²) < 4.78 is 11.0. The lowest BCUT2D eigenvalue weighted by atomic mass is 10.2. The Hall–Kier alpha value is -2.31. The maximum atomic E-state index is 12.5. The van der Waals surface area contributed by atoms with Crippen LogP contribution in [0.3, 0.4) is 0 Å². The predicted octanol–water partition coefficient (Wildman–Crippen LogP) is 3.61. The molecule has 1 saturated heterocycles. The quantitative estimate of drug-likeness (QED) is 0.884. The van der Waals surface area contributed by atoms with Crippen molar-refractivity contribution in [2.45, 2.75) is 26.1 Å². The first-order valence-electron chi connectivity index (χ1n) is 8.47. The van der Waals surface area contributed by atoms with Gasteiger partial charge in [0.25, 0.3) is 5.91 Å². The number of pyridine rings is 1. The van der Waals surface area contributed by atoms with Crippen LogP contribution in [0.15, 0.2) is 36.5 Å². The van der Waals surface area contributed by atoms with Gasteiger partial charge < -0.3 is 19.7 Å². The molecule has 138 valence electrons. The lowest BCUT2D eigenvalue weighted by Crippen LogP contribution is -2.45. The first-order chi connectivity index (χ1) is 12.5. The molecule has 0 radical (unpaired) electrons. The predicted molar refractivity (Wildman–Crippen MR) is 102 cm³/mol. The summed E-state index contributed by atoms with van der Waals surface area (Å²) in [5.74, 6) is 1.03. The summed E-state index contributed by atoms with van der Waals surface area (Å²) >= 11 is 5.99. The molecule has 7 heteroatoms. The Balaban J connectivity index is 1.71. The molecule has 2 atom stereocenters. The number of rotatable bonds is 4. The third kappa shape index (κ3) is 4.26. The number of hydrogen-bond acceptors (Lipinski definition) is 5. The topological polar surface area (TPSA) is 63.7 Å². The van der Waals surface area contributed by atoms with E-state index in [4.69, 9.17) is 21.1 Å². The van der Waals surface area contributed by atoms with Crippen molar-refractivity contribution in [1.29, 1.82) is 0 Å². The van der Waals surface area contributed by atoms with E-state index in [0.29, 0.717) is 22.0 Å². The number of nitrogens with one attached hydrogen (secondary N) is 1. The highest BCUT2D eigenvalue weighted by molar-refractivity contribution is 6.31. The molecular formula is C19H22ClN3O3. The Kier molecular flexibility index (Phi) is 5.64. The van der Waals surface area contributed by atoms with E-state index >= 15 is 0 Å². The largest absolute Gasteiger partial charge is 0.496 e. The number of morpholine rings is 1. The molecule has 1 aromatic heterocycles. The monoisotopic (exact) mass is 375 g/mol. The van der Waals surface area contributed by atoms with Gasteiger partial charge in [0.2, 0.25) is 0 Å². The van der Waals surface area contributed by atoms with Crippen LogP contribution in [0.25, 0.3) is 0 Å². The molecule has 6 nitrogen and oxygen atoms in total. The number of benzene rings is 1. The summed E-state index contributed by atoms with van der Waals surface area (Å²) in [5, 5.41) is 3.30. The molecule has 0 spiro atoms. The number of ether oxygens (including phenoxy) is 2. The SMILES string of the molecule is COc1ccc(Cl)cc1C(=O)Nc1ccc(N2CC(C)OC(C)C2)nc1. The van der Waals surface area contributed by atoms with Gasteiger partial charge in [-0.05, 0) is 44.2 Å². The molecule has 1 N–H and O–H groups in total. The van der Waals surface area contributed by atoms with Gasteiger partial charge in [0.1, 0.15) is 11.6 Å². The van der Waals surface area contributed by atoms with Crippen molar-refractivity contribution in [2.75, 3.05) is 30.4 Å². The number of anilines is 2. The minimum Gasteiger partial charge on any atom is -0.496 e. The van der Waals surface area contributed by atoms with Crippen LogP contribution in [0.1, 0.15) is 24.2 Å². The van der Waals surface area contributed by atoms with Crippen molar-refractivity contribution in [2.24, 2.45) is 0 Å². The van der Waals surface area contributed by atoms with Gasteiger partial charge in [-0.3, -0.25) is 4.79 Å². The van der Waals surface area contributed by atoms with E-state index in [1.807, 2.05) is 12.1 Å². The van der Waals surface area contributed by atoms with Crippen LogP contribution in [-0.2, 0) is 4.74 Å². The van der Waals surface area contributed by atoms with Gasteiger partial charge in [0, 0.05) is 18.1 Å². The van der Waals surface area contributed by atoms with Crippen molar-refractivity contribution < 1.29 is 14.3 Å². The second-order valence-electron chi connectivity index (χ2n) is 6.37. The van der Waals surface area contributed by atoms with E-state index in [-0.39, 0.29) is 18.1 Å². The fraction of sp³-hybridized carbons (Fsp3) is 0.368. The van der Waals surface area contributed by atoms with Crippen molar-refractivity contribution in [3.05, 3.63) is 47.1 Å². The number of hydrogen-bond donors (Lipinski definition) is 1. The highest BCUT2D eigenvalue weighted by Gasteiger charge is 2.23. The fourth-order valence-electron chi connectivity index (χ4n) is 3.07. The molecule has 0 bridgehead atoms. The summed E-state index contributed by atoms with van der Waals surface area (Å²) in [6, 6.07) is 8.66. The van der Waals surface area contributed by atoms with Gasteiger partial charge in [-0.15, -0.1) is 0 Å². The molecular weight excluding hydrogens is 354 g/mol.